The normalized spacial score (nSPS) is 21.7. The minimum Gasteiger partial charge on any atom is -0.353 e. The smallest absolute Gasteiger partial charge is 0.257 e. The SMILES string of the molecule is Cc1nn(C)cc1C(=O)N1CCC(NC(=O)C2CCN(C)C2=O)CC1. The van der Waals surface area contributed by atoms with Crippen LogP contribution in [-0.2, 0) is 16.6 Å². The van der Waals surface area contributed by atoms with Crippen LogP contribution in [0.15, 0.2) is 6.20 Å². The van der Waals surface area contributed by atoms with Crippen LogP contribution in [0.1, 0.15) is 35.3 Å². The van der Waals surface area contributed by atoms with Gasteiger partial charge in [0.15, 0.2) is 0 Å². The lowest BCUT2D eigenvalue weighted by molar-refractivity contribution is -0.137. The molecule has 3 amide bonds. The van der Waals surface area contributed by atoms with Crippen LogP contribution in [0.5, 0.6) is 0 Å². The summed E-state index contributed by atoms with van der Waals surface area (Å²) in [6, 6.07) is 0.0188. The van der Waals surface area contributed by atoms with Crippen LogP contribution in [0, 0.1) is 12.8 Å². The van der Waals surface area contributed by atoms with E-state index < -0.39 is 5.92 Å². The van der Waals surface area contributed by atoms with Crippen molar-refractivity contribution in [1.82, 2.24) is 24.9 Å². The molecule has 2 aliphatic rings. The van der Waals surface area contributed by atoms with Crippen molar-refractivity contribution >= 4 is 17.7 Å². The molecule has 0 bridgehead atoms. The monoisotopic (exact) mass is 347 g/mol. The number of piperidine rings is 1. The van der Waals surface area contributed by atoms with E-state index >= 15 is 0 Å². The van der Waals surface area contributed by atoms with Gasteiger partial charge in [-0.2, -0.15) is 5.10 Å². The number of rotatable bonds is 3. The maximum Gasteiger partial charge on any atom is 0.257 e. The summed E-state index contributed by atoms with van der Waals surface area (Å²) in [5.41, 5.74) is 1.36. The summed E-state index contributed by atoms with van der Waals surface area (Å²) in [6.07, 6.45) is 3.73. The number of likely N-dealkylation sites (tertiary alicyclic amines) is 2. The summed E-state index contributed by atoms with van der Waals surface area (Å²) in [5, 5.41) is 7.20. The van der Waals surface area contributed by atoms with Gasteiger partial charge in [-0.1, -0.05) is 0 Å². The molecule has 0 aromatic carbocycles. The summed E-state index contributed by atoms with van der Waals surface area (Å²) in [7, 11) is 3.52. The van der Waals surface area contributed by atoms with Crippen LogP contribution in [0.4, 0.5) is 0 Å². The first-order valence-electron chi connectivity index (χ1n) is 8.71. The van der Waals surface area contributed by atoms with Gasteiger partial charge in [-0.3, -0.25) is 19.1 Å². The topological polar surface area (TPSA) is 87.5 Å². The highest BCUT2D eigenvalue weighted by Crippen LogP contribution is 2.19. The second-order valence-electron chi connectivity index (χ2n) is 6.98. The quantitative estimate of drug-likeness (QED) is 0.775. The molecule has 1 aromatic heterocycles. The zero-order valence-electron chi connectivity index (χ0n) is 15.0. The van der Waals surface area contributed by atoms with Crippen molar-refractivity contribution < 1.29 is 14.4 Å². The van der Waals surface area contributed by atoms with Gasteiger partial charge < -0.3 is 15.1 Å². The second kappa shape index (κ2) is 6.85. The van der Waals surface area contributed by atoms with E-state index in [0.29, 0.717) is 44.5 Å². The molecule has 0 spiro atoms. The molecule has 8 nitrogen and oxygen atoms in total. The predicted molar refractivity (Wildman–Crippen MR) is 90.8 cm³/mol. The Morgan fingerprint density at radius 2 is 1.84 bits per heavy atom. The Hall–Kier alpha value is -2.38. The highest BCUT2D eigenvalue weighted by atomic mass is 16.2. The van der Waals surface area contributed by atoms with Gasteiger partial charge in [0, 0.05) is 46.0 Å². The van der Waals surface area contributed by atoms with E-state index in [4.69, 9.17) is 0 Å². The molecule has 3 rings (SSSR count). The summed E-state index contributed by atoms with van der Waals surface area (Å²) in [6.45, 7) is 3.65. The molecule has 2 saturated heterocycles. The molecule has 0 saturated carbocycles. The summed E-state index contributed by atoms with van der Waals surface area (Å²) in [5.74, 6) is -0.843. The van der Waals surface area contributed by atoms with Crippen molar-refractivity contribution in [3.8, 4) is 0 Å². The number of carbonyl (C=O) groups is 3. The van der Waals surface area contributed by atoms with Gasteiger partial charge in [-0.25, -0.2) is 0 Å². The van der Waals surface area contributed by atoms with Crippen LogP contribution >= 0.6 is 0 Å². The Bertz CT molecular complexity index is 690. The Labute approximate surface area is 147 Å². The molecular weight excluding hydrogens is 322 g/mol. The van der Waals surface area contributed by atoms with Crippen molar-refractivity contribution in [1.29, 1.82) is 0 Å². The van der Waals surface area contributed by atoms with Crippen LogP contribution in [0.3, 0.4) is 0 Å². The third kappa shape index (κ3) is 3.52. The largest absolute Gasteiger partial charge is 0.353 e. The lowest BCUT2D eigenvalue weighted by Crippen LogP contribution is -2.48. The zero-order valence-corrected chi connectivity index (χ0v) is 15.0. The summed E-state index contributed by atoms with van der Waals surface area (Å²) in [4.78, 5) is 40.2. The fraction of sp³-hybridized carbons (Fsp3) is 0.647. The predicted octanol–water partition coefficient (Wildman–Crippen LogP) is -0.0724. The number of aromatic nitrogens is 2. The van der Waals surface area contributed by atoms with Gasteiger partial charge in [-0.15, -0.1) is 0 Å². The maximum atomic E-state index is 12.6. The van der Waals surface area contributed by atoms with Crippen molar-refractivity contribution in [2.45, 2.75) is 32.2 Å². The fourth-order valence-corrected chi connectivity index (χ4v) is 3.57. The zero-order chi connectivity index (χ0) is 18.1. The van der Waals surface area contributed by atoms with Gasteiger partial charge >= 0.3 is 0 Å². The molecule has 25 heavy (non-hydrogen) atoms. The van der Waals surface area contributed by atoms with Crippen molar-refractivity contribution in [2.75, 3.05) is 26.7 Å². The average molecular weight is 347 g/mol. The van der Waals surface area contributed by atoms with Gasteiger partial charge in [0.05, 0.1) is 11.3 Å². The molecule has 0 radical (unpaired) electrons. The Morgan fingerprint density at radius 1 is 1.16 bits per heavy atom. The second-order valence-corrected chi connectivity index (χ2v) is 6.98. The van der Waals surface area contributed by atoms with Gasteiger partial charge in [0.2, 0.25) is 11.8 Å². The molecule has 1 unspecified atom stereocenters. The van der Waals surface area contributed by atoms with E-state index in [-0.39, 0.29) is 23.8 Å². The lowest BCUT2D eigenvalue weighted by atomic mass is 10.0. The van der Waals surface area contributed by atoms with E-state index in [2.05, 4.69) is 10.4 Å². The number of carbonyl (C=O) groups excluding carboxylic acids is 3. The van der Waals surface area contributed by atoms with Crippen LogP contribution < -0.4 is 5.32 Å². The molecule has 2 aliphatic heterocycles. The van der Waals surface area contributed by atoms with E-state index in [9.17, 15) is 14.4 Å². The first-order chi connectivity index (χ1) is 11.9. The first-order valence-corrected chi connectivity index (χ1v) is 8.71. The van der Waals surface area contributed by atoms with Crippen molar-refractivity contribution in [2.24, 2.45) is 13.0 Å². The van der Waals surface area contributed by atoms with Crippen molar-refractivity contribution in [3.63, 3.8) is 0 Å². The highest BCUT2D eigenvalue weighted by molar-refractivity contribution is 6.01. The fourth-order valence-electron chi connectivity index (χ4n) is 3.57. The molecular formula is C17H25N5O3. The van der Waals surface area contributed by atoms with E-state index in [1.807, 2.05) is 6.92 Å². The Balaban J connectivity index is 1.52. The molecule has 136 valence electrons. The minimum atomic E-state index is -0.553. The molecule has 1 N–H and O–H groups in total. The van der Waals surface area contributed by atoms with Crippen LogP contribution in [-0.4, -0.2) is 70.0 Å². The first kappa shape index (κ1) is 17.4. The number of aryl methyl sites for hydroxylation is 2. The number of nitrogens with one attached hydrogen (secondary N) is 1. The van der Waals surface area contributed by atoms with Gasteiger partial charge in [0.1, 0.15) is 5.92 Å². The van der Waals surface area contributed by atoms with Gasteiger partial charge in [0.25, 0.3) is 5.91 Å². The molecule has 2 fully saturated rings. The Morgan fingerprint density at radius 3 is 2.36 bits per heavy atom. The summed E-state index contributed by atoms with van der Waals surface area (Å²) >= 11 is 0. The highest BCUT2D eigenvalue weighted by Gasteiger charge is 2.36. The van der Waals surface area contributed by atoms with Crippen LogP contribution in [0.25, 0.3) is 0 Å². The lowest BCUT2D eigenvalue weighted by Gasteiger charge is -2.32. The average Bonchev–Trinajstić information content (AvgIpc) is 3.09. The van der Waals surface area contributed by atoms with E-state index in [1.165, 1.54) is 0 Å². The Kier molecular flexibility index (Phi) is 4.78. The molecule has 3 heterocycles. The standard InChI is InChI=1S/C17H25N5O3/c1-11-14(10-21(3)19-11)17(25)22-8-4-12(5-9-22)18-15(23)13-6-7-20(2)16(13)24/h10,12-13H,4-9H2,1-3H3,(H,18,23). The van der Waals surface area contributed by atoms with Crippen molar-refractivity contribution in [3.05, 3.63) is 17.5 Å². The molecule has 8 heteroatoms. The van der Waals surface area contributed by atoms with Crippen LogP contribution in [0.2, 0.25) is 0 Å². The number of nitrogens with zero attached hydrogens (tertiary/aromatic N) is 4. The molecule has 1 atom stereocenters. The minimum absolute atomic E-state index is 0.0111. The molecule has 1 aromatic rings. The van der Waals surface area contributed by atoms with E-state index in [0.717, 1.165) is 5.69 Å². The number of hydrogen-bond acceptors (Lipinski definition) is 4. The maximum absolute atomic E-state index is 12.6. The number of hydrogen-bond donors (Lipinski definition) is 1. The molecule has 0 aliphatic carbocycles. The third-order valence-electron chi connectivity index (χ3n) is 5.12. The van der Waals surface area contributed by atoms with Gasteiger partial charge in [-0.05, 0) is 26.2 Å². The summed E-state index contributed by atoms with van der Waals surface area (Å²) < 4.78 is 1.64. The number of amides is 3. The third-order valence-corrected chi connectivity index (χ3v) is 5.12. The van der Waals surface area contributed by atoms with E-state index in [1.54, 1.807) is 34.8 Å².